The van der Waals surface area contributed by atoms with Crippen LogP contribution in [0, 0.1) is 0 Å². The van der Waals surface area contributed by atoms with Gasteiger partial charge in [0.1, 0.15) is 0 Å². The van der Waals surface area contributed by atoms with Crippen LogP contribution in [0.5, 0.6) is 0 Å². The van der Waals surface area contributed by atoms with Gasteiger partial charge < -0.3 is 9.47 Å². The van der Waals surface area contributed by atoms with E-state index in [1.807, 2.05) is 24.3 Å². The Hall–Kier alpha value is -4.16. The predicted molar refractivity (Wildman–Crippen MR) is 170 cm³/mol. The van der Waals surface area contributed by atoms with Crippen LogP contribution >= 0.6 is 0 Å². The van der Waals surface area contributed by atoms with Crippen molar-refractivity contribution in [3.8, 4) is 0 Å². The van der Waals surface area contributed by atoms with Gasteiger partial charge in [0.05, 0.1) is 34.4 Å². The molecule has 47 heavy (non-hydrogen) atoms. The molecular weight excluding hydrogens is 612 g/mol. The first-order valence-electron chi connectivity index (χ1n) is 16.5. The van der Waals surface area contributed by atoms with Crippen LogP contribution in [0.15, 0.2) is 48.5 Å². The van der Waals surface area contributed by atoms with Crippen LogP contribution in [0.25, 0.3) is 0 Å². The van der Waals surface area contributed by atoms with Crippen LogP contribution in [0.4, 0.5) is 9.59 Å². The summed E-state index contributed by atoms with van der Waals surface area (Å²) in [5, 5.41) is 8.50. The molecule has 0 radical (unpaired) electrons. The van der Waals surface area contributed by atoms with Crippen molar-refractivity contribution >= 4 is 24.2 Å². The van der Waals surface area contributed by atoms with Crippen molar-refractivity contribution in [3.05, 3.63) is 70.8 Å². The summed E-state index contributed by atoms with van der Waals surface area (Å²) in [6.45, 7) is 4.55. The molecule has 0 saturated heterocycles. The maximum Gasteiger partial charge on any atom is 0.543 e. The average molecular weight is 661 g/mol. The lowest BCUT2D eigenvalue weighted by Crippen LogP contribution is -2.12. The van der Waals surface area contributed by atoms with E-state index >= 15 is 0 Å². The van der Waals surface area contributed by atoms with Crippen LogP contribution in [0.2, 0.25) is 0 Å². The minimum Gasteiger partial charge on any atom is -0.432 e. The molecule has 0 aliphatic rings. The topological polar surface area (TPSA) is 142 Å². The molecule has 0 N–H and O–H groups in total. The van der Waals surface area contributed by atoms with E-state index in [1.54, 1.807) is 24.3 Å². The van der Waals surface area contributed by atoms with Crippen LogP contribution in [0.3, 0.4) is 0 Å². The van der Waals surface area contributed by atoms with Crippen molar-refractivity contribution in [3.63, 3.8) is 0 Å². The van der Waals surface area contributed by atoms with E-state index in [4.69, 9.17) is 9.47 Å². The van der Waals surface area contributed by atoms with Gasteiger partial charge in [-0.3, -0.25) is 9.78 Å². The molecule has 0 unspecified atom stereocenters. The molecule has 0 spiro atoms. The summed E-state index contributed by atoms with van der Waals surface area (Å²) in [6.07, 6.45) is 12.2. The molecule has 2 aromatic rings. The third kappa shape index (κ3) is 18.5. The highest BCUT2D eigenvalue weighted by Crippen LogP contribution is 2.12. The SMILES string of the molecule is CCCCCc1ccc(C(=O)OOOC(=O)OCCCCCCCCCOC(=O)OOOC(=O)c2ccc(CCCCC)cc2)cc1. The summed E-state index contributed by atoms with van der Waals surface area (Å²) in [4.78, 5) is 64.7. The maximum atomic E-state index is 12.0. The van der Waals surface area contributed by atoms with Crippen molar-refractivity contribution in [2.75, 3.05) is 13.2 Å². The third-order valence-corrected chi connectivity index (χ3v) is 7.17. The van der Waals surface area contributed by atoms with Crippen molar-refractivity contribution in [2.24, 2.45) is 0 Å². The zero-order valence-corrected chi connectivity index (χ0v) is 27.5. The molecule has 0 aliphatic carbocycles. The zero-order valence-electron chi connectivity index (χ0n) is 27.5. The molecule has 12 nitrogen and oxygen atoms in total. The van der Waals surface area contributed by atoms with Crippen molar-refractivity contribution in [1.82, 2.24) is 0 Å². The Kier molecular flexibility index (Phi) is 20.8. The first kappa shape index (κ1) is 39.0. The quantitative estimate of drug-likeness (QED) is 0.0459. The fourth-order valence-corrected chi connectivity index (χ4v) is 4.47. The third-order valence-electron chi connectivity index (χ3n) is 7.17. The highest BCUT2D eigenvalue weighted by molar-refractivity contribution is 5.89. The molecular formula is C35H48O12. The Balaban J connectivity index is 1.37. The summed E-state index contributed by atoms with van der Waals surface area (Å²) in [5.74, 6) is -1.57. The predicted octanol–water partition coefficient (Wildman–Crippen LogP) is 8.90. The second-order valence-electron chi connectivity index (χ2n) is 11.0. The molecule has 12 heteroatoms. The molecule has 0 bridgehead atoms. The first-order valence-corrected chi connectivity index (χ1v) is 16.5. The van der Waals surface area contributed by atoms with Gasteiger partial charge in [-0.2, -0.15) is 0 Å². The molecule has 0 aliphatic heterocycles. The van der Waals surface area contributed by atoms with E-state index in [0.717, 1.165) is 94.6 Å². The van der Waals surface area contributed by atoms with Crippen LogP contribution in [-0.4, -0.2) is 37.5 Å². The van der Waals surface area contributed by atoms with Gasteiger partial charge in [0.15, 0.2) is 0 Å². The largest absolute Gasteiger partial charge is 0.543 e. The van der Waals surface area contributed by atoms with E-state index in [0.29, 0.717) is 12.8 Å². The molecule has 0 atom stereocenters. The standard InChI is InChI=1S/C35H48O12/c1-3-5-12-16-28-18-22-30(23-19-28)32(36)42-46-44-34(38)40-26-14-10-8-7-9-11-15-27-41-35(39)45-47-43-33(37)31-24-20-29(21-25-31)17-13-6-4-2/h18-25H,3-17,26-27H2,1-2H3. The van der Waals surface area contributed by atoms with E-state index in [2.05, 4.69) is 43.5 Å². The number of benzene rings is 2. The minimum atomic E-state index is -1.10. The molecule has 0 saturated carbocycles. The van der Waals surface area contributed by atoms with Gasteiger partial charge in [-0.05, 0) is 73.9 Å². The Morgan fingerprint density at radius 2 is 0.809 bits per heavy atom. The lowest BCUT2D eigenvalue weighted by Gasteiger charge is -2.06. The monoisotopic (exact) mass is 660 g/mol. The fourth-order valence-electron chi connectivity index (χ4n) is 4.47. The van der Waals surface area contributed by atoms with Gasteiger partial charge in [0.2, 0.25) is 0 Å². The molecule has 2 aromatic carbocycles. The summed E-state index contributed by atoms with van der Waals surface area (Å²) >= 11 is 0. The number of carbonyl (C=O) groups excluding carboxylic acids is 4. The molecule has 0 amide bonds. The Morgan fingerprint density at radius 1 is 0.447 bits per heavy atom. The number of unbranched alkanes of at least 4 members (excludes halogenated alkanes) is 10. The summed E-state index contributed by atoms with van der Waals surface area (Å²) in [5.41, 5.74) is 2.81. The van der Waals surface area contributed by atoms with Gasteiger partial charge in [0, 0.05) is 0 Å². The molecule has 0 fully saturated rings. The van der Waals surface area contributed by atoms with Crippen molar-refractivity contribution < 1.29 is 58.3 Å². The number of carbonyl (C=O) groups is 4. The Morgan fingerprint density at radius 3 is 1.17 bits per heavy atom. The van der Waals surface area contributed by atoms with E-state index in [1.165, 1.54) is 0 Å². The second-order valence-corrected chi connectivity index (χ2v) is 11.0. The van der Waals surface area contributed by atoms with Crippen LogP contribution in [-0.2, 0) is 51.9 Å². The van der Waals surface area contributed by atoms with Gasteiger partial charge in [-0.15, -0.1) is 0 Å². The average Bonchev–Trinajstić information content (AvgIpc) is 3.08. The summed E-state index contributed by atoms with van der Waals surface area (Å²) < 4.78 is 9.76. The smallest absolute Gasteiger partial charge is 0.432 e. The minimum absolute atomic E-state index is 0.133. The number of aryl methyl sites for hydroxylation is 2. The molecule has 260 valence electrons. The van der Waals surface area contributed by atoms with Gasteiger partial charge in [-0.25, -0.2) is 29.0 Å². The normalized spacial score (nSPS) is 10.6. The Bertz CT molecular complexity index is 1070. The Labute approximate surface area is 276 Å². The molecule has 0 heterocycles. The van der Waals surface area contributed by atoms with Crippen LogP contribution in [0.1, 0.15) is 129 Å². The van der Waals surface area contributed by atoms with E-state index in [-0.39, 0.29) is 24.3 Å². The lowest BCUT2D eigenvalue weighted by atomic mass is 10.1. The first-order chi connectivity index (χ1) is 22.9. The van der Waals surface area contributed by atoms with Gasteiger partial charge >= 0.3 is 24.2 Å². The van der Waals surface area contributed by atoms with Crippen molar-refractivity contribution in [2.45, 2.75) is 110 Å². The lowest BCUT2D eigenvalue weighted by molar-refractivity contribution is -0.452. The van der Waals surface area contributed by atoms with Gasteiger partial charge in [0.25, 0.3) is 0 Å². The molecule has 2 rings (SSSR count). The van der Waals surface area contributed by atoms with Crippen molar-refractivity contribution in [1.29, 1.82) is 0 Å². The number of ether oxygens (including phenoxy) is 2. The fraction of sp³-hybridized carbons (Fsp3) is 0.543. The highest BCUT2D eigenvalue weighted by Gasteiger charge is 2.13. The maximum absolute atomic E-state index is 12.0. The van der Waals surface area contributed by atoms with Crippen LogP contribution < -0.4 is 0 Å². The highest BCUT2D eigenvalue weighted by atomic mass is 17.5. The molecule has 0 aromatic heterocycles. The zero-order chi connectivity index (χ0) is 34.0. The number of hydrogen-bond donors (Lipinski definition) is 0. The number of rotatable bonds is 24. The van der Waals surface area contributed by atoms with E-state index in [9.17, 15) is 19.2 Å². The number of hydrogen-bond acceptors (Lipinski definition) is 12. The van der Waals surface area contributed by atoms with E-state index < -0.39 is 24.2 Å². The second kappa shape index (κ2) is 25.0. The summed E-state index contributed by atoms with van der Waals surface area (Å²) in [7, 11) is 0. The van der Waals surface area contributed by atoms with Gasteiger partial charge in [-0.1, -0.05) is 95.9 Å². The summed E-state index contributed by atoms with van der Waals surface area (Å²) in [6, 6.07) is 13.9.